The summed E-state index contributed by atoms with van der Waals surface area (Å²) in [5.41, 5.74) is 1.42. The molecule has 1 atom stereocenters. The van der Waals surface area contributed by atoms with Crippen molar-refractivity contribution in [2.45, 2.75) is 18.9 Å². The van der Waals surface area contributed by atoms with E-state index in [-0.39, 0.29) is 23.0 Å². The van der Waals surface area contributed by atoms with Crippen molar-refractivity contribution in [2.75, 3.05) is 64.5 Å². The number of likely N-dealkylation sites (tertiary alicyclic amines) is 1. The molecule has 37 heavy (non-hydrogen) atoms. The molecule has 1 unspecified atom stereocenters. The predicted molar refractivity (Wildman–Crippen MR) is 146 cm³/mol. The first-order valence-electron chi connectivity index (χ1n) is 12.9. The number of para-hydroxylation sites is 1. The smallest absolute Gasteiger partial charge is 0.258 e. The number of thiazole rings is 1. The van der Waals surface area contributed by atoms with E-state index in [0.29, 0.717) is 35.6 Å². The topological polar surface area (TPSA) is 88.4 Å². The SMILES string of the molecule is COC1CCCN(CCNC(=O)c2c(=O)c3ccc(N4CCOCC4)nc3n3c2sc2ccccc23)C1. The molecule has 0 saturated carbocycles. The summed E-state index contributed by atoms with van der Waals surface area (Å²) in [7, 11) is 1.75. The number of amides is 1. The molecule has 1 amide bonds. The van der Waals surface area contributed by atoms with Crippen molar-refractivity contribution in [1.82, 2.24) is 19.6 Å². The van der Waals surface area contributed by atoms with Gasteiger partial charge < -0.3 is 19.7 Å². The molecule has 2 aliphatic rings. The van der Waals surface area contributed by atoms with Crippen molar-refractivity contribution in [1.29, 1.82) is 0 Å². The van der Waals surface area contributed by atoms with Crippen LogP contribution < -0.4 is 15.6 Å². The van der Waals surface area contributed by atoms with Crippen LogP contribution in [0.1, 0.15) is 23.2 Å². The van der Waals surface area contributed by atoms with E-state index in [9.17, 15) is 9.59 Å². The Morgan fingerprint density at radius 3 is 2.86 bits per heavy atom. The molecule has 0 radical (unpaired) electrons. The summed E-state index contributed by atoms with van der Waals surface area (Å²) in [4.78, 5) is 37.2. The number of nitrogens with one attached hydrogen (secondary N) is 1. The number of methoxy groups -OCH3 is 1. The number of hydrogen-bond acceptors (Lipinski definition) is 8. The molecule has 1 N–H and O–H groups in total. The molecular weight excluding hydrogens is 490 g/mol. The third-order valence-electron chi connectivity index (χ3n) is 7.35. The van der Waals surface area contributed by atoms with Gasteiger partial charge in [0.2, 0.25) is 5.43 Å². The molecule has 2 saturated heterocycles. The second kappa shape index (κ2) is 10.4. The molecule has 1 aromatic carbocycles. The Bertz CT molecular complexity index is 1510. The second-order valence-electron chi connectivity index (χ2n) is 9.61. The van der Waals surface area contributed by atoms with Crippen LogP contribution in [0.4, 0.5) is 5.82 Å². The molecule has 6 rings (SSSR count). The molecule has 5 heterocycles. The van der Waals surface area contributed by atoms with Gasteiger partial charge in [-0.1, -0.05) is 12.1 Å². The fraction of sp³-hybridized carbons (Fsp3) is 0.444. The monoisotopic (exact) mass is 521 g/mol. The number of benzene rings is 1. The van der Waals surface area contributed by atoms with Crippen LogP contribution in [0, 0.1) is 0 Å². The van der Waals surface area contributed by atoms with E-state index in [4.69, 9.17) is 14.5 Å². The van der Waals surface area contributed by atoms with Crippen molar-refractivity contribution in [2.24, 2.45) is 0 Å². The number of carbonyl (C=O) groups excluding carboxylic acids is 1. The van der Waals surface area contributed by atoms with Gasteiger partial charge in [0.05, 0.1) is 34.9 Å². The highest BCUT2D eigenvalue weighted by atomic mass is 32.1. The van der Waals surface area contributed by atoms with Crippen molar-refractivity contribution < 1.29 is 14.3 Å². The predicted octanol–water partition coefficient (Wildman–Crippen LogP) is 2.74. The van der Waals surface area contributed by atoms with Gasteiger partial charge in [-0.15, -0.1) is 11.3 Å². The number of pyridine rings is 2. The number of ether oxygens (including phenoxy) is 2. The number of morpholine rings is 1. The molecule has 4 aromatic rings. The van der Waals surface area contributed by atoms with E-state index >= 15 is 0 Å². The van der Waals surface area contributed by atoms with Crippen LogP contribution in [-0.2, 0) is 9.47 Å². The molecule has 9 nitrogen and oxygen atoms in total. The lowest BCUT2D eigenvalue weighted by atomic mass is 10.1. The Balaban J connectivity index is 1.38. The number of hydrogen-bond donors (Lipinski definition) is 1. The highest BCUT2D eigenvalue weighted by Gasteiger charge is 2.24. The molecule has 0 bridgehead atoms. The number of rotatable bonds is 6. The van der Waals surface area contributed by atoms with Gasteiger partial charge in [0.15, 0.2) is 5.65 Å². The normalized spacial score (nSPS) is 19.2. The molecule has 0 spiro atoms. The van der Waals surface area contributed by atoms with Crippen molar-refractivity contribution >= 4 is 49.1 Å². The zero-order valence-corrected chi connectivity index (χ0v) is 21.8. The summed E-state index contributed by atoms with van der Waals surface area (Å²) < 4.78 is 14.0. The van der Waals surface area contributed by atoms with Crippen LogP contribution in [0.15, 0.2) is 41.2 Å². The lowest BCUT2D eigenvalue weighted by Gasteiger charge is -2.31. The number of aromatic nitrogens is 2. The first-order valence-corrected chi connectivity index (χ1v) is 13.7. The minimum atomic E-state index is -0.339. The van der Waals surface area contributed by atoms with Gasteiger partial charge >= 0.3 is 0 Å². The van der Waals surface area contributed by atoms with Crippen LogP contribution in [0.25, 0.3) is 26.1 Å². The second-order valence-corrected chi connectivity index (χ2v) is 10.6. The fourth-order valence-corrected chi connectivity index (χ4v) is 6.55. The van der Waals surface area contributed by atoms with Gasteiger partial charge in [0.25, 0.3) is 5.91 Å². The third kappa shape index (κ3) is 4.59. The maximum atomic E-state index is 13.7. The fourth-order valence-electron chi connectivity index (χ4n) is 5.37. The van der Waals surface area contributed by atoms with E-state index in [1.165, 1.54) is 11.3 Å². The standard InChI is InChI=1S/C27H31N5O4S/c1-35-18-5-4-11-30(17-18)12-10-28-26(34)23-24(33)19-8-9-22(31-13-15-36-16-14-31)29-25(19)32-20-6-2-3-7-21(20)37-27(23)32/h2-3,6-9,18H,4-5,10-17H2,1H3,(H,28,34). The average Bonchev–Trinajstić information content (AvgIpc) is 3.33. The number of carbonyl (C=O) groups is 1. The van der Waals surface area contributed by atoms with Crippen LogP contribution >= 0.6 is 11.3 Å². The Labute approximate surface area is 218 Å². The van der Waals surface area contributed by atoms with E-state index in [2.05, 4.69) is 15.1 Å². The molecule has 0 aliphatic carbocycles. The van der Waals surface area contributed by atoms with E-state index in [1.54, 1.807) is 7.11 Å². The summed E-state index contributed by atoms with van der Waals surface area (Å²) in [6, 6.07) is 11.6. The lowest BCUT2D eigenvalue weighted by Crippen LogP contribution is -2.43. The van der Waals surface area contributed by atoms with Crippen molar-refractivity contribution in [3.63, 3.8) is 0 Å². The quantitative estimate of drug-likeness (QED) is 0.417. The number of fused-ring (bicyclic) bond motifs is 5. The molecule has 10 heteroatoms. The molecule has 2 fully saturated rings. The lowest BCUT2D eigenvalue weighted by molar-refractivity contribution is 0.0318. The first kappa shape index (κ1) is 24.3. The minimum absolute atomic E-state index is 0.183. The Morgan fingerprint density at radius 1 is 1.19 bits per heavy atom. The van der Waals surface area contributed by atoms with Crippen molar-refractivity contribution in [3.05, 3.63) is 52.2 Å². The molecule has 194 valence electrons. The molecule has 2 aliphatic heterocycles. The van der Waals surface area contributed by atoms with Crippen LogP contribution in [0.2, 0.25) is 0 Å². The Kier molecular flexibility index (Phi) is 6.81. The van der Waals surface area contributed by atoms with E-state index in [1.807, 2.05) is 40.8 Å². The van der Waals surface area contributed by atoms with Crippen LogP contribution in [0.3, 0.4) is 0 Å². The summed E-state index contributed by atoms with van der Waals surface area (Å²) in [6.45, 7) is 5.86. The Hall–Kier alpha value is -3.05. The van der Waals surface area contributed by atoms with Gasteiger partial charge in [-0.3, -0.25) is 18.9 Å². The van der Waals surface area contributed by atoms with Gasteiger partial charge in [-0.25, -0.2) is 4.98 Å². The minimum Gasteiger partial charge on any atom is -0.380 e. The molecular formula is C27H31N5O4S. The highest BCUT2D eigenvalue weighted by molar-refractivity contribution is 7.24. The number of piperidine rings is 1. The highest BCUT2D eigenvalue weighted by Crippen LogP contribution is 2.31. The van der Waals surface area contributed by atoms with Gasteiger partial charge in [-0.05, 0) is 43.7 Å². The van der Waals surface area contributed by atoms with Crippen LogP contribution in [-0.4, -0.2) is 85.9 Å². The summed E-state index contributed by atoms with van der Waals surface area (Å²) in [5, 5.41) is 3.46. The number of nitrogens with zero attached hydrogens (tertiary/aromatic N) is 4. The summed E-state index contributed by atoms with van der Waals surface area (Å²) in [5.74, 6) is 0.473. The van der Waals surface area contributed by atoms with Crippen molar-refractivity contribution in [3.8, 4) is 0 Å². The average molecular weight is 522 g/mol. The van der Waals surface area contributed by atoms with Gasteiger partial charge in [0.1, 0.15) is 16.2 Å². The van der Waals surface area contributed by atoms with Crippen LogP contribution in [0.5, 0.6) is 0 Å². The maximum Gasteiger partial charge on any atom is 0.258 e. The third-order valence-corrected chi connectivity index (χ3v) is 8.49. The van der Waals surface area contributed by atoms with E-state index < -0.39 is 0 Å². The van der Waals surface area contributed by atoms with Gasteiger partial charge in [0, 0.05) is 39.8 Å². The maximum absolute atomic E-state index is 13.7. The zero-order valence-electron chi connectivity index (χ0n) is 20.9. The number of anilines is 1. The summed E-state index contributed by atoms with van der Waals surface area (Å²) in [6.07, 6.45) is 2.39. The zero-order chi connectivity index (χ0) is 25.4. The molecule has 3 aromatic heterocycles. The first-order chi connectivity index (χ1) is 18.1. The summed E-state index contributed by atoms with van der Waals surface area (Å²) >= 11 is 1.45. The van der Waals surface area contributed by atoms with Gasteiger partial charge in [-0.2, -0.15) is 0 Å². The Morgan fingerprint density at radius 2 is 2.03 bits per heavy atom. The largest absolute Gasteiger partial charge is 0.380 e. The van der Waals surface area contributed by atoms with E-state index in [0.717, 1.165) is 61.6 Å².